The summed E-state index contributed by atoms with van der Waals surface area (Å²) in [7, 11) is 0. The van der Waals surface area contributed by atoms with Gasteiger partial charge in [0.15, 0.2) is 0 Å². The Morgan fingerprint density at radius 1 is 1.40 bits per heavy atom. The Bertz CT molecular complexity index is 112. The normalized spacial score (nSPS) is 8.20. The zero-order valence-corrected chi connectivity index (χ0v) is 8.48. The zero-order valence-electron chi connectivity index (χ0n) is 6.32. The first kappa shape index (κ1) is 10.1. The first-order valence-corrected chi connectivity index (χ1v) is 5.10. The fraction of sp³-hybridized carbons (Fsp3) is 0.750. The average molecular weight is 252 g/mol. The predicted octanol–water partition coefficient (Wildman–Crippen LogP) is 2.59. The second-order valence-electron chi connectivity index (χ2n) is 1.86. The van der Waals surface area contributed by atoms with Crippen molar-refractivity contribution in [3.05, 3.63) is 0 Å². The number of hydrogen-bond acceptors (Lipinski definition) is 1. The zero-order chi connectivity index (χ0) is 7.66. The Balaban J connectivity index is 2.96. The molecule has 2 heteroatoms. The maximum atomic E-state index is 4.85. The summed E-state index contributed by atoms with van der Waals surface area (Å²) >= 11 is 2.38. The lowest BCUT2D eigenvalue weighted by molar-refractivity contribution is 0.298. The van der Waals surface area contributed by atoms with Crippen LogP contribution in [0.25, 0.3) is 0 Å². The van der Waals surface area contributed by atoms with Crippen molar-refractivity contribution in [2.45, 2.75) is 26.2 Å². The first-order chi connectivity index (χ1) is 4.91. The number of hydrogen-bond donors (Lipinski definition) is 0. The number of halogens is 1. The maximum absolute atomic E-state index is 4.85. The van der Waals surface area contributed by atoms with E-state index in [-0.39, 0.29) is 0 Å². The van der Waals surface area contributed by atoms with E-state index in [1.54, 1.807) is 0 Å². The summed E-state index contributed by atoms with van der Waals surface area (Å²) in [5, 5.41) is 0. The molecule has 0 saturated heterocycles. The summed E-state index contributed by atoms with van der Waals surface area (Å²) in [5.74, 6) is 2.95. The van der Waals surface area contributed by atoms with Crippen molar-refractivity contribution in [2.75, 3.05) is 11.0 Å². The van der Waals surface area contributed by atoms with E-state index in [2.05, 4.69) is 34.6 Å². The second kappa shape index (κ2) is 9.09. The van der Waals surface area contributed by atoms with Crippen LogP contribution >= 0.6 is 22.6 Å². The molecule has 0 aliphatic carbocycles. The molecule has 0 heterocycles. The monoisotopic (exact) mass is 252 g/mol. The van der Waals surface area contributed by atoms with Gasteiger partial charge >= 0.3 is 0 Å². The third-order valence-electron chi connectivity index (χ3n) is 0.974. The Hall–Kier alpha value is 0.0900. The highest BCUT2D eigenvalue weighted by Gasteiger charge is 1.80. The molecule has 0 spiro atoms. The Morgan fingerprint density at radius 2 is 2.20 bits per heavy atom. The van der Waals surface area contributed by atoms with Crippen molar-refractivity contribution in [1.82, 2.24) is 0 Å². The summed E-state index contributed by atoms with van der Waals surface area (Å²) in [5.41, 5.74) is 0. The Labute approximate surface area is 76.7 Å². The third kappa shape index (κ3) is 8.09. The Kier molecular flexibility index (Phi) is 9.17. The minimum absolute atomic E-state index is 0.694. The van der Waals surface area contributed by atoms with Crippen molar-refractivity contribution in [2.24, 2.45) is 0 Å². The summed E-state index contributed by atoms with van der Waals surface area (Å²) in [6, 6.07) is 0. The van der Waals surface area contributed by atoms with E-state index in [4.69, 9.17) is 4.74 Å². The van der Waals surface area contributed by atoms with Crippen molar-refractivity contribution < 1.29 is 4.74 Å². The highest BCUT2D eigenvalue weighted by Crippen LogP contribution is 1.96. The molecule has 0 aliphatic heterocycles. The molecule has 0 aromatic rings. The highest BCUT2D eigenvalue weighted by atomic mass is 127. The van der Waals surface area contributed by atoms with Crippen LogP contribution in [0.2, 0.25) is 0 Å². The lowest BCUT2D eigenvalue weighted by Crippen LogP contribution is -1.78. The van der Waals surface area contributed by atoms with Crippen LogP contribution < -0.4 is 0 Å². The number of unbranched alkanes of at least 4 members (excludes halogenated alkanes) is 2. The van der Waals surface area contributed by atoms with Crippen LogP contribution in [0, 0.1) is 12.0 Å². The van der Waals surface area contributed by atoms with Gasteiger partial charge < -0.3 is 4.74 Å². The van der Waals surface area contributed by atoms with Gasteiger partial charge in [-0.1, -0.05) is 28.5 Å². The van der Waals surface area contributed by atoms with Crippen LogP contribution in [0.15, 0.2) is 0 Å². The lowest BCUT2D eigenvalue weighted by atomic mass is 10.3. The van der Waals surface area contributed by atoms with Crippen LogP contribution in [0.5, 0.6) is 0 Å². The van der Waals surface area contributed by atoms with Crippen molar-refractivity contribution in [1.29, 1.82) is 0 Å². The predicted molar refractivity (Wildman–Crippen MR) is 52.1 cm³/mol. The first-order valence-electron chi connectivity index (χ1n) is 3.57. The van der Waals surface area contributed by atoms with Gasteiger partial charge in [-0.25, -0.2) is 0 Å². The van der Waals surface area contributed by atoms with Gasteiger partial charge in [0.05, 0.1) is 6.61 Å². The maximum Gasteiger partial charge on any atom is 0.110 e. The van der Waals surface area contributed by atoms with E-state index in [1.165, 1.54) is 17.3 Å². The van der Waals surface area contributed by atoms with Crippen molar-refractivity contribution in [3.63, 3.8) is 0 Å². The summed E-state index contributed by atoms with van der Waals surface area (Å²) in [4.78, 5) is 0. The molecule has 0 unspecified atom stereocenters. The SMILES string of the molecule is CCOC#CCCCCI. The molecule has 0 aliphatic rings. The summed E-state index contributed by atoms with van der Waals surface area (Å²) in [6.07, 6.45) is 6.08. The van der Waals surface area contributed by atoms with Gasteiger partial charge in [0.2, 0.25) is 0 Å². The van der Waals surface area contributed by atoms with Crippen LogP contribution in [0.3, 0.4) is 0 Å². The molecular formula is C8H13IO. The molecule has 0 aromatic heterocycles. The molecule has 58 valence electrons. The van der Waals surface area contributed by atoms with Crippen molar-refractivity contribution in [3.8, 4) is 12.0 Å². The largest absolute Gasteiger partial charge is 0.447 e. The van der Waals surface area contributed by atoms with Gasteiger partial charge in [-0.05, 0) is 24.2 Å². The second-order valence-corrected chi connectivity index (χ2v) is 2.94. The summed E-state index contributed by atoms with van der Waals surface area (Å²) in [6.45, 7) is 2.64. The van der Waals surface area contributed by atoms with Gasteiger partial charge in [0, 0.05) is 6.42 Å². The van der Waals surface area contributed by atoms with Gasteiger partial charge in [-0.15, -0.1) is 0 Å². The van der Waals surface area contributed by atoms with E-state index in [1.807, 2.05) is 6.92 Å². The highest BCUT2D eigenvalue weighted by molar-refractivity contribution is 14.1. The average Bonchev–Trinajstić information content (AvgIpc) is 1.97. The summed E-state index contributed by atoms with van der Waals surface area (Å²) < 4.78 is 6.08. The van der Waals surface area contributed by atoms with E-state index in [0.29, 0.717) is 6.61 Å². The number of ether oxygens (including phenoxy) is 1. The molecule has 0 saturated carbocycles. The topological polar surface area (TPSA) is 9.23 Å². The fourth-order valence-electron chi connectivity index (χ4n) is 0.482. The molecule has 0 atom stereocenters. The molecule has 1 nitrogen and oxygen atoms in total. The van der Waals surface area contributed by atoms with Crippen LogP contribution in [-0.4, -0.2) is 11.0 Å². The molecular weight excluding hydrogens is 239 g/mol. The number of alkyl halides is 1. The third-order valence-corrected chi connectivity index (χ3v) is 1.74. The minimum atomic E-state index is 0.694. The quantitative estimate of drug-likeness (QED) is 0.323. The minimum Gasteiger partial charge on any atom is -0.447 e. The van der Waals surface area contributed by atoms with Gasteiger partial charge in [-0.2, -0.15) is 0 Å². The molecule has 0 N–H and O–H groups in total. The van der Waals surface area contributed by atoms with E-state index in [0.717, 1.165) is 6.42 Å². The molecule has 10 heavy (non-hydrogen) atoms. The smallest absolute Gasteiger partial charge is 0.110 e. The Morgan fingerprint density at radius 3 is 2.80 bits per heavy atom. The fourth-order valence-corrected chi connectivity index (χ4v) is 1.02. The van der Waals surface area contributed by atoms with Gasteiger partial charge in [0.25, 0.3) is 0 Å². The molecule has 0 fully saturated rings. The molecule has 0 amide bonds. The van der Waals surface area contributed by atoms with E-state index >= 15 is 0 Å². The standard InChI is InChI=1S/C8H13IO/c1-2-10-8-6-4-3-5-7-9/h2-5,7H2,1H3. The lowest BCUT2D eigenvalue weighted by Gasteiger charge is -1.88. The van der Waals surface area contributed by atoms with Crippen LogP contribution in [0.1, 0.15) is 26.2 Å². The van der Waals surface area contributed by atoms with Crippen LogP contribution in [0.4, 0.5) is 0 Å². The van der Waals surface area contributed by atoms with Crippen molar-refractivity contribution >= 4 is 22.6 Å². The number of rotatable bonds is 4. The van der Waals surface area contributed by atoms with E-state index in [9.17, 15) is 0 Å². The molecule has 0 bridgehead atoms. The van der Waals surface area contributed by atoms with Gasteiger partial charge in [-0.3, -0.25) is 0 Å². The van der Waals surface area contributed by atoms with Gasteiger partial charge in [0.1, 0.15) is 6.11 Å². The van der Waals surface area contributed by atoms with E-state index < -0.39 is 0 Å². The molecule has 0 rings (SSSR count). The molecule has 0 aromatic carbocycles. The molecule has 0 radical (unpaired) electrons. The van der Waals surface area contributed by atoms with Crippen LogP contribution in [-0.2, 0) is 4.74 Å².